The molecular formula is C12H16Br2N2O2S. The van der Waals surface area contributed by atoms with Gasteiger partial charge < -0.3 is 5.32 Å². The molecule has 0 spiro atoms. The van der Waals surface area contributed by atoms with Gasteiger partial charge in [0.2, 0.25) is 10.0 Å². The van der Waals surface area contributed by atoms with Crippen molar-refractivity contribution < 1.29 is 8.42 Å². The number of rotatable bonds is 4. The van der Waals surface area contributed by atoms with Gasteiger partial charge in [0.25, 0.3) is 0 Å². The van der Waals surface area contributed by atoms with Crippen LogP contribution in [0, 0.1) is 0 Å². The third-order valence-corrected chi connectivity index (χ3v) is 6.53. The molecule has 1 aromatic rings. The topological polar surface area (TPSA) is 49.4 Å². The van der Waals surface area contributed by atoms with Crippen molar-refractivity contribution in [3.8, 4) is 0 Å². The van der Waals surface area contributed by atoms with Gasteiger partial charge >= 0.3 is 0 Å². The lowest BCUT2D eigenvalue weighted by Crippen LogP contribution is -2.38. The summed E-state index contributed by atoms with van der Waals surface area (Å²) in [6.07, 6.45) is 2.14. The van der Waals surface area contributed by atoms with Gasteiger partial charge in [-0.1, -0.05) is 15.9 Å². The van der Waals surface area contributed by atoms with E-state index in [1.54, 1.807) is 19.2 Å². The summed E-state index contributed by atoms with van der Waals surface area (Å²) in [6.45, 7) is 1.47. The Kier molecular flexibility index (Phi) is 5.05. The zero-order valence-corrected chi connectivity index (χ0v) is 14.6. The van der Waals surface area contributed by atoms with E-state index in [9.17, 15) is 8.42 Å². The van der Waals surface area contributed by atoms with Gasteiger partial charge in [-0.3, -0.25) is 0 Å². The Morgan fingerprint density at radius 1 is 1.42 bits per heavy atom. The molecule has 1 N–H and O–H groups in total. The first-order chi connectivity index (χ1) is 8.91. The number of nitrogens with zero attached hydrogens (tertiary/aromatic N) is 1. The fourth-order valence-corrected chi connectivity index (χ4v) is 4.84. The summed E-state index contributed by atoms with van der Waals surface area (Å²) in [5.74, 6) is 0. The molecule has 1 saturated heterocycles. The Balaban J connectivity index is 2.22. The SMILES string of the molecule is CN(CC1CCCN1)S(=O)(=O)c1cc(Br)ccc1Br. The number of sulfonamides is 1. The van der Waals surface area contributed by atoms with Gasteiger partial charge in [-0.25, -0.2) is 8.42 Å². The summed E-state index contributed by atoms with van der Waals surface area (Å²) >= 11 is 6.61. The molecule has 1 unspecified atom stereocenters. The monoisotopic (exact) mass is 410 g/mol. The zero-order valence-electron chi connectivity index (χ0n) is 10.6. The molecule has 0 aromatic heterocycles. The molecule has 0 bridgehead atoms. The molecule has 0 saturated carbocycles. The van der Waals surface area contributed by atoms with Crippen molar-refractivity contribution in [1.29, 1.82) is 0 Å². The van der Waals surface area contributed by atoms with Gasteiger partial charge in [-0.15, -0.1) is 0 Å². The van der Waals surface area contributed by atoms with Crippen LogP contribution in [-0.4, -0.2) is 38.9 Å². The number of halogens is 2. The summed E-state index contributed by atoms with van der Waals surface area (Å²) in [4.78, 5) is 0.294. The van der Waals surface area contributed by atoms with Crippen molar-refractivity contribution in [2.45, 2.75) is 23.8 Å². The molecule has 19 heavy (non-hydrogen) atoms. The average Bonchev–Trinajstić information content (AvgIpc) is 2.85. The van der Waals surface area contributed by atoms with Gasteiger partial charge in [0.05, 0.1) is 4.90 Å². The summed E-state index contributed by atoms with van der Waals surface area (Å²) in [5.41, 5.74) is 0. The second-order valence-electron chi connectivity index (χ2n) is 4.65. The standard InChI is InChI=1S/C12H16Br2N2O2S/c1-16(8-10-3-2-6-15-10)19(17,18)12-7-9(13)4-5-11(12)14/h4-5,7,10,15H,2-3,6,8H2,1H3. The van der Waals surface area contributed by atoms with E-state index in [4.69, 9.17) is 0 Å². The number of likely N-dealkylation sites (N-methyl/N-ethyl adjacent to an activating group) is 1. The zero-order chi connectivity index (χ0) is 14.0. The average molecular weight is 412 g/mol. The van der Waals surface area contributed by atoms with Gasteiger partial charge in [-0.05, 0) is 53.5 Å². The fourth-order valence-electron chi connectivity index (χ4n) is 2.16. The van der Waals surface area contributed by atoms with E-state index >= 15 is 0 Å². The van der Waals surface area contributed by atoms with Gasteiger partial charge in [0.15, 0.2) is 0 Å². The van der Waals surface area contributed by atoms with E-state index in [-0.39, 0.29) is 6.04 Å². The van der Waals surface area contributed by atoms with E-state index in [0.717, 1.165) is 23.9 Å². The highest BCUT2D eigenvalue weighted by Crippen LogP contribution is 2.28. The highest BCUT2D eigenvalue weighted by Gasteiger charge is 2.27. The number of hydrogen-bond donors (Lipinski definition) is 1. The van der Waals surface area contributed by atoms with E-state index in [1.165, 1.54) is 4.31 Å². The minimum atomic E-state index is -3.46. The fraction of sp³-hybridized carbons (Fsp3) is 0.500. The van der Waals surface area contributed by atoms with Crippen LogP contribution < -0.4 is 5.32 Å². The molecule has 0 amide bonds. The summed E-state index contributed by atoms with van der Waals surface area (Å²) < 4.78 is 27.8. The molecule has 0 radical (unpaired) electrons. The molecule has 1 atom stereocenters. The predicted molar refractivity (Wildman–Crippen MR) is 82.7 cm³/mol. The second-order valence-corrected chi connectivity index (χ2v) is 8.44. The minimum absolute atomic E-state index is 0.255. The van der Waals surface area contributed by atoms with E-state index in [1.807, 2.05) is 6.07 Å². The molecule has 1 aliphatic rings. The number of hydrogen-bond acceptors (Lipinski definition) is 3. The molecule has 106 valence electrons. The summed E-state index contributed by atoms with van der Waals surface area (Å²) in [6, 6.07) is 5.42. The first-order valence-electron chi connectivity index (χ1n) is 6.06. The van der Waals surface area contributed by atoms with Crippen molar-refractivity contribution in [3.05, 3.63) is 27.1 Å². The molecule has 7 heteroatoms. The van der Waals surface area contributed by atoms with E-state index in [2.05, 4.69) is 37.2 Å². The van der Waals surface area contributed by atoms with Crippen LogP contribution in [-0.2, 0) is 10.0 Å². The Morgan fingerprint density at radius 2 is 2.16 bits per heavy atom. The smallest absolute Gasteiger partial charge is 0.244 e. The van der Waals surface area contributed by atoms with Gasteiger partial charge in [0.1, 0.15) is 0 Å². The summed E-state index contributed by atoms with van der Waals surface area (Å²) in [5, 5.41) is 3.31. The normalized spacial score (nSPS) is 20.1. The largest absolute Gasteiger partial charge is 0.313 e. The molecule has 1 aliphatic heterocycles. The van der Waals surface area contributed by atoms with E-state index < -0.39 is 10.0 Å². The Hall–Kier alpha value is 0.0500. The van der Waals surface area contributed by atoms with Crippen LogP contribution in [0.5, 0.6) is 0 Å². The highest BCUT2D eigenvalue weighted by atomic mass is 79.9. The molecular weight excluding hydrogens is 396 g/mol. The molecule has 1 heterocycles. The van der Waals surface area contributed by atoms with Crippen molar-refractivity contribution in [3.63, 3.8) is 0 Å². The molecule has 1 fully saturated rings. The minimum Gasteiger partial charge on any atom is -0.313 e. The van der Waals surface area contributed by atoms with Crippen LogP contribution in [0.25, 0.3) is 0 Å². The third kappa shape index (κ3) is 3.58. The van der Waals surface area contributed by atoms with Crippen molar-refractivity contribution in [1.82, 2.24) is 9.62 Å². The van der Waals surface area contributed by atoms with Crippen LogP contribution in [0.3, 0.4) is 0 Å². The predicted octanol–water partition coefficient (Wildman–Crippen LogP) is 2.58. The molecule has 1 aromatic carbocycles. The molecule has 2 rings (SSSR count). The first kappa shape index (κ1) is 15.4. The third-order valence-electron chi connectivity index (χ3n) is 3.22. The summed E-state index contributed by atoms with van der Waals surface area (Å²) in [7, 11) is -1.84. The van der Waals surface area contributed by atoms with Crippen LogP contribution in [0.1, 0.15) is 12.8 Å². The lowest BCUT2D eigenvalue weighted by Gasteiger charge is -2.21. The van der Waals surface area contributed by atoms with Crippen LogP contribution in [0.4, 0.5) is 0 Å². The van der Waals surface area contributed by atoms with Gasteiger partial charge in [-0.2, -0.15) is 4.31 Å². The van der Waals surface area contributed by atoms with Crippen molar-refractivity contribution in [2.24, 2.45) is 0 Å². The van der Waals surface area contributed by atoms with Gasteiger partial charge in [0, 0.05) is 28.6 Å². The van der Waals surface area contributed by atoms with Crippen molar-refractivity contribution >= 4 is 41.9 Å². The first-order valence-corrected chi connectivity index (χ1v) is 9.08. The van der Waals surface area contributed by atoms with Crippen molar-refractivity contribution in [2.75, 3.05) is 20.1 Å². The quantitative estimate of drug-likeness (QED) is 0.828. The highest BCUT2D eigenvalue weighted by molar-refractivity contribution is 9.11. The Labute approximate surface area is 130 Å². The molecule has 0 aliphatic carbocycles. The number of benzene rings is 1. The van der Waals surface area contributed by atoms with E-state index in [0.29, 0.717) is 15.9 Å². The van der Waals surface area contributed by atoms with Crippen LogP contribution in [0.15, 0.2) is 32.0 Å². The lowest BCUT2D eigenvalue weighted by molar-refractivity contribution is 0.417. The van der Waals surface area contributed by atoms with Crippen LogP contribution >= 0.6 is 31.9 Å². The lowest BCUT2D eigenvalue weighted by atomic mass is 10.2. The maximum absolute atomic E-state index is 12.5. The molecule has 4 nitrogen and oxygen atoms in total. The maximum Gasteiger partial charge on any atom is 0.244 e. The van der Waals surface area contributed by atoms with Crippen LogP contribution in [0.2, 0.25) is 0 Å². The second kappa shape index (κ2) is 6.22. The maximum atomic E-state index is 12.5. The Morgan fingerprint density at radius 3 is 2.79 bits per heavy atom. The number of nitrogens with one attached hydrogen (secondary N) is 1. The Bertz CT molecular complexity index is 557.